The molecule has 0 aliphatic heterocycles. The number of primary amides is 1. The number of halogens is 1. The number of carbonyl (C=O) groups excluding carboxylic acids is 2. The molecule has 0 spiro atoms. The Morgan fingerprint density at radius 3 is 2.26 bits per heavy atom. The third kappa shape index (κ3) is 3.94. The van der Waals surface area contributed by atoms with Crippen LogP contribution in [-0.4, -0.2) is 17.9 Å². The molecule has 1 aromatic rings. The molecule has 0 bridgehead atoms. The summed E-state index contributed by atoms with van der Waals surface area (Å²) < 4.78 is 0. The summed E-state index contributed by atoms with van der Waals surface area (Å²) in [7, 11) is 0. The van der Waals surface area contributed by atoms with Crippen LogP contribution >= 0.6 is 12.4 Å². The molecule has 0 aliphatic rings. The zero-order valence-corrected chi connectivity index (χ0v) is 11.9. The van der Waals surface area contributed by atoms with Crippen molar-refractivity contribution >= 4 is 24.2 Å². The molecule has 0 heterocycles. The zero-order chi connectivity index (χ0) is 13.8. The second-order valence-electron chi connectivity index (χ2n) is 4.36. The molecule has 19 heavy (non-hydrogen) atoms. The second-order valence-corrected chi connectivity index (χ2v) is 4.36. The fourth-order valence-corrected chi connectivity index (χ4v) is 1.57. The van der Waals surface area contributed by atoms with Crippen molar-refractivity contribution in [1.82, 2.24) is 5.32 Å². The molecule has 0 saturated heterocycles. The Bertz CT molecular complexity index is 439. The average molecular weight is 286 g/mol. The van der Waals surface area contributed by atoms with Crippen LogP contribution in [0.2, 0.25) is 0 Å². The van der Waals surface area contributed by atoms with E-state index in [4.69, 9.17) is 11.5 Å². The topological polar surface area (TPSA) is 98.2 Å². The van der Waals surface area contributed by atoms with Gasteiger partial charge in [0.05, 0.1) is 6.04 Å². The van der Waals surface area contributed by atoms with Gasteiger partial charge in [-0.25, -0.2) is 0 Å². The number of hydrogen-bond acceptors (Lipinski definition) is 3. The molecule has 0 aliphatic carbocycles. The number of nitrogens with one attached hydrogen (secondary N) is 1. The van der Waals surface area contributed by atoms with Gasteiger partial charge in [-0.15, -0.1) is 12.4 Å². The van der Waals surface area contributed by atoms with Crippen LogP contribution in [0.3, 0.4) is 0 Å². The largest absolute Gasteiger partial charge is 0.367 e. The highest BCUT2D eigenvalue weighted by atomic mass is 35.5. The van der Waals surface area contributed by atoms with Crippen LogP contribution in [-0.2, 0) is 15.1 Å². The average Bonchev–Trinajstić information content (AvgIpc) is 2.38. The van der Waals surface area contributed by atoms with E-state index in [2.05, 4.69) is 5.32 Å². The molecule has 2 amide bonds. The Morgan fingerprint density at radius 2 is 1.84 bits per heavy atom. The highest BCUT2D eigenvalue weighted by Crippen LogP contribution is 2.20. The molecule has 0 aromatic heterocycles. The summed E-state index contributed by atoms with van der Waals surface area (Å²) in [4.78, 5) is 23.5. The summed E-state index contributed by atoms with van der Waals surface area (Å²) in [5.41, 5.74) is 10.4. The highest BCUT2D eigenvalue weighted by Gasteiger charge is 2.35. The molecule has 1 aromatic carbocycles. The minimum Gasteiger partial charge on any atom is -0.367 e. The number of carbonyl (C=O) groups is 2. The van der Waals surface area contributed by atoms with Crippen molar-refractivity contribution in [2.45, 2.75) is 31.8 Å². The van der Waals surface area contributed by atoms with E-state index in [1.165, 1.54) is 0 Å². The fraction of sp³-hybridized carbons (Fsp3) is 0.385. The summed E-state index contributed by atoms with van der Waals surface area (Å²) in [6.07, 6.45) is 0.496. The third-order valence-electron chi connectivity index (χ3n) is 2.99. The lowest BCUT2D eigenvalue weighted by Gasteiger charge is -2.29. The summed E-state index contributed by atoms with van der Waals surface area (Å²) in [6.45, 7) is 3.37. The summed E-state index contributed by atoms with van der Waals surface area (Å²) >= 11 is 0. The maximum atomic E-state index is 11.8. The van der Waals surface area contributed by atoms with Crippen molar-refractivity contribution in [3.8, 4) is 0 Å². The van der Waals surface area contributed by atoms with Crippen LogP contribution in [0, 0.1) is 0 Å². The van der Waals surface area contributed by atoms with E-state index in [0.717, 1.165) is 0 Å². The van der Waals surface area contributed by atoms with E-state index >= 15 is 0 Å². The number of benzene rings is 1. The molecule has 1 rings (SSSR count). The van der Waals surface area contributed by atoms with E-state index < -0.39 is 17.5 Å². The van der Waals surface area contributed by atoms with Gasteiger partial charge in [-0.05, 0) is 18.9 Å². The Kier molecular flexibility index (Phi) is 6.52. The standard InChI is InChI=1S/C13H19N3O2.ClH/c1-3-10(14)11(17)16-13(2,12(15)18)9-7-5-4-6-8-9;/h4-8,10H,3,14H2,1-2H3,(H2,15,18)(H,16,17);1H/t10-,13?;/m0./s1. The minimum absolute atomic E-state index is 0. The molecule has 0 saturated carbocycles. The van der Waals surface area contributed by atoms with Crippen molar-refractivity contribution in [2.75, 3.05) is 0 Å². The normalized spacial score (nSPS) is 14.7. The molecule has 0 fully saturated rings. The molecule has 106 valence electrons. The third-order valence-corrected chi connectivity index (χ3v) is 2.99. The predicted octanol–water partition coefficient (Wildman–Crippen LogP) is 0.662. The van der Waals surface area contributed by atoms with Crippen LogP contribution in [0.1, 0.15) is 25.8 Å². The Labute approximate surface area is 119 Å². The number of rotatable bonds is 5. The predicted molar refractivity (Wildman–Crippen MR) is 76.6 cm³/mol. The van der Waals surface area contributed by atoms with Gasteiger partial charge in [-0.3, -0.25) is 9.59 Å². The van der Waals surface area contributed by atoms with Gasteiger partial charge < -0.3 is 16.8 Å². The molecule has 1 unspecified atom stereocenters. The van der Waals surface area contributed by atoms with Crippen LogP contribution in [0.4, 0.5) is 0 Å². The quantitative estimate of drug-likeness (QED) is 0.741. The van der Waals surface area contributed by atoms with E-state index in [0.29, 0.717) is 12.0 Å². The maximum absolute atomic E-state index is 11.8. The first-order valence-corrected chi connectivity index (χ1v) is 5.84. The molecule has 2 atom stereocenters. The first-order chi connectivity index (χ1) is 8.41. The second kappa shape index (κ2) is 7.11. The zero-order valence-electron chi connectivity index (χ0n) is 11.1. The first-order valence-electron chi connectivity index (χ1n) is 5.84. The van der Waals surface area contributed by atoms with Gasteiger partial charge in [0.25, 0.3) is 0 Å². The fourth-order valence-electron chi connectivity index (χ4n) is 1.57. The van der Waals surface area contributed by atoms with Crippen LogP contribution < -0.4 is 16.8 Å². The molecule has 5 nitrogen and oxygen atoms in total. The lowest BCUT2D eigenvalue weighted by Crippen LogP contribution is -2.56. The Balaban J connectivity index is 0.00000324. The van der Waals surface area contributed by atoms with E-state index in [1.54, 1.807) is 38.1 Å². The Hall–Kier alpha value is -1.59. The smallest absolute Gasteiger partial charge is 0.247 e. The van der Waals surface area contributed by atoms with Gasteiger partial charge in [0, 0.05) is 0 Å². The molecule has 6 heteroatoms. The molecular formula is C13H20ClN3O2. The van der Waals surface area contributed by atoms with Crippen molar-refractivity contribution in [3.63, 3.8) is 0 Å². The van der Waals surface area contributed by atoms with Crippen molar-refractivity contribution in [2.24, 2.45) is 11.5 Å². The van der Waals surface area contributed by atoms with E-state index in [-0.39, 0.29) is 18.3 Å². The highest BCUT2D eigenvalue weighted by molar-refractivity contribution is 5.92. The summed E-state index contributed by atoms with van der Waals surface area (Å²) in [5.74, 6) is -1.01. The number of hydrogen-bond donors (Lipinski definition) is 3. The first kappa shape index (κ1) is 17.4. The number of amides is 2. The summed E-state index contributed by atoms with van der Waals surface area (Å²) in [6, 6.07) is 8.22. The van der Waals surface area contributed by atoms with E-state index in [1.807, 2.05) is 6.07 Å². The molecule has 0 radical (unpaired) electrons. The summed E-state index contributed by atoms with van der Waals surface area (Å²) in [5, 5.41) is 2.62. The lowest BCUT2D eigenvalue weighted by molar-refractivity contribution is -0.132. The molecule has 5 N–H and O–H groups in total. The van der Waals surface area contributed by atoms with Crippen molar-refractivity contribution in [1.29, 1.82) is 0 Å². The van der Waals surface area contributed by atoms with Crippen LogP contribution in [0.25, 0.3) is 0 Å². The van der Waals surface area contributed by atoms with Gasteiger partial charge in [0.1, 0.15) is 5.54 Å². The van der Waals surface area contributed by atoms with E-state index in [9.17, 15) is 9.59 Å². The lowest BCUT2D eigenvalue weighted by atomic mass is 9.90. The van der Waals surface area contributed by atoms with Crippen LogP contribution in [0.15, 0.2) is 30.3 Å². The van der Waals surface area contributed by atoms with Gasteiger partial charge in [0.2, 0.25) is 11.8 Å². The van der Waals surface area contributed by atoms with Crippen molar-refractivity contribution < 1.29 is 9.59 Å². The van der Waals surface area contributed by atoms with Gasteiger partial charge in [-0.2, -0.15) is 0 Å². The maximum Gasteiger partial charge on any atom is 0.247 e. The molecular weight excluding hydrogens is 266 g/mol. The minimum atomic E-state index is -1.24. The SMILES string of the molecule is CC[C@H](N)C(=O)NC(C)(C(N)=O)c1ccccc1.Cl. The van der Waals surface area contributed by atoms with Gasteiger partial charge in [0.15, 0.2) is 0 Å². The Morgan fingerprint density at radius 1 is 1.32 bits per heavy atom. The van der Waals surface area contributed by atoms with Crippen LogP contribution in [0.5, 0.6) is 0 Å². The number of nitrogens with two attached hydrogens (primary N) is 2. The monoisotopic (exact) mass is 285 g/mol. The van der Waals surface area contributed by atoms with Gasteiger partial charge >= 0.3 is 0 Å². The van der Waals surface area contributed by atoms with Gasteiger partial charge in [-0.1, -0.05) is 37.3 Å². The van der Waals surface area contributed by atoms with Crippen molar-refractivity contribution in [3.05, 3.63) is 35.9 Å².